The summed E-state index contributed by atoms with van der Waals surface area (Å²) in [7, 11) is 0. The van der Waals surface area contributed by atoms with E-state index in [9.17, 15) is 4.79 Å². The van der Waals surface area contributed by atoms with Gasteiger partial charge in [-0.3, -0.25) is 4.79 Å². The Morgan fingerprint density at radius 1 is 1.04 bits per heavy atom. The van der Waals surface area contributed by atoms with Crippen LogP contribution >= 0.6 is 0 Å². The van der Waals surface area contributed by atoms with Crippen molar-refractivity contribution in [2.75, 3.05) is 5.32 Å². The van der Waals surface area contributed by atoms with Gasteiger partial charge in [-0.2, -0.15) is 0 Å². The summed E-state index contributed by atoms with van der Waals surface area (Å²) in [4.78, 5) is 12.6. The Morgan fingerprint density at radius 2 is 1.76 bits per heavy atom. The summed E-state index contributed by atoms with van der Waals surface area (Å²) in [6.45, 7) is 6.25. The largest absolute Gasteiger partial charge is 0.451 e. The first-order chi connectivity index (χ1) is 12.1. The zero-order valence-corrected chi connectivity index (χ0v) is 15.2. The molecule has 0 aliphatic heterocycles. The molecule has 0 aliphatic rings. The van der Waals surface area contributed by atoms with Gasteiger partial charge in [0.15, 0.2) is 5.76 Å². The monoisotopic (exact) mass is 335 g/mol. The van der Waals surface area contributed by atoms with E-state index in [1.54, 1.807) is 0 Å². The van der Waals surface area contributed by atoms with Crippen LogP contribution in [0.1, 0.15) is 53.9 Å². The quantitative estimate of drug-likeness (QED) is 0.609. The molecule has 1 aromatic heterocycles. The van der Waals surface area contributed by atoms with Crippen molar-refractivity contribution in [3.8, 4) is 0 Å². The Labute approximate surface area is 149 Å². The van der Waals surface area contributed by atoms with Crippen molar-refractivity contribution in [2.45, 2.75) is 46.5 Å². The van der Waals surface area contributed by atoms with Gasteiger partial charge in [-0.1, -0.05) is 38.5 Å². The van der Waals surface area contributed by atoms with Crippen molar-refractivity contribution in [1.29, 1.82) is 0 Å². The molecular weight excluding hydrogens is 310 g/mol. The average Bonchev–Trinajstić information content (AvgIpc) is 2.97. The molecule has 1 heterocycles. The van der Waals surface area contributed by atoms with E-state index in [1.165, 1.54) is 24.0 Å². The lowest BCUT2D eigenvalue weighted by Crippen LogP contribution is -2.12. The second kappa shape index (κ2) is 7.56. The summed E-state index contributed by atoms with van der Waals surface area (Å²) in [5.41, 5.74) is 4.98. The number of carbonyl (C=O) groups excluding carboxylic acids is 1. The Balaban J connectivity index is 1.79. The topological polar surface area (TPSA) is 42.2 Å². The van der Waals surface area contributed by atoms with Gasteiger partial charge in [0.1, 0.15) is 5.58 Å². The first kappa shape index (κ1) is 17.3. The summed E-state index contributed by atoms with van der Waals surface area (Å²) in [6, 6.07) is 14.1. The SMILES string of the molecule is CCCCc1ccc(NC(=O)c2oc3ccc(CC)cc3c2C)cc1. The Bertz CT molecular complexity index is 875. The highest BCUT2D eigenvalue weighted by Crippen LogP contribution is 2.27. The van der Waals surface area contributed by atoms with E-state index in [-0.39, 0.29) is 5.91 Å². The average molecular weight is 335 g/mol. The predicted molar refractivity (Wildman–Crippen MR) is 103 cm³/mol. The zero-order valence-electron chi connectivity index (χ0n) is 15.2. The number of rotatable bonds is 6. The molecule has 3 rings (SSSR count). The van der Waals surface area contributed by atoms with Crippen molar-refractivity contribution >= 4 is 22.6 Å². The van der Waals surface area contributed by atoms with Gasteiger partial charge in [0.25, 0.3) is 5.91 Å². The Hall–Kier alpha value is -2.55. The van der Waals surface area contributed by atoms with Crippen molar-refractivity contribution in [1.82, 2.24) is 0 Å². The highest BCUT2D eigenvalue weighted by Gasteiger charge is 2.18. The zero-order chi connectivity index (χ0) is 17.8. The van der Waals surface area contributed by atoms with Gasteiger partial charge in [-0.05, 0) is 61.6 Å². The molecule has 3 heteroatoms. The molecule has 0 radical (unpaired) electrons. The van der Waals surface area contributed by atoms with Crippen molar-refractivity contribution in [2.24, 2.45) is 0 Å². The van der Waals surface area contributed by atoms with Gasteiger partial charge in [-0.25, -0.2) is 0 Å². The fourth-order valence-corrected chi connectivity index (χ4v) is 3.03. The molecule has 3 nitrogen and oxygen atoms in total. The first-order valence-corrected chi connectivity index (χ1v) is 9.04. The van der Waals surface area contributed by atoms with Crippen LogP contribution in [0.15, 0.2) is 46.9 Å². The summed E-state index contributed by atoms with van der Waals surface area (Å²) >= 11 is 0. The second-order valence-corrected chi connectivity index (χ2v) is 6.49. The number of aryl methyl sites for hydroxylation is 3. The number of fused-ring (bicyclic) bond motifs is 1. The fourth-order valence-electron chi connectivity index (χ4n) is 3.03. The number of benzene rings is 2. The fraction of sp³-hybridized carbons (Fsp3) is 0.318. The lowest BCUT2D eigenvalue weighted by Gasteiger charge is -2.05. The molecule has 0 saturated heterocycles. The van der Waals surface area contributed by atoms with Gasteiger partial charge in [0, 0.05) is 16.6 Å². The standard InChI is InChI=1S/C22H25NO2/c1-4-6-7-17-8-11-18(12-9-17)23-22(24)21-15(3)19-14-16(5-2)10-13-20(19)25-21/h8-14H,4-7H2,1-3H3,(H,23,24). The van der Waals surface area contributed by atoms with E-state index in [0.717, 1.165) is 35.1 Å². The molecule has 0 spiro atoms. The summed E-state index contributed by atoms with van der Waals surface area (Å²) in [5, 5.41) is 3.95. The van der Waals surface area contributed by atoms with Crippen molar-refractivity contribution in [3.63, 3.8) is 0 Å². The molecule has 0 unspecified atom stereocenters. The van der Waals surface area contributed by atoms with E-state index < -0.39 is 0 Å². The lowest BCUT2D eigenvalue weighted by atomic mass is 10.1. The highest BCUT2D eigenvalue weighted by atomic mass is 16.3. The van der Waals surface area contributed by atoms with E-state index in [1.807, 2.05) is 31.2 Å². The van der Waals surface area contributed by atoms with Crippen LogP contribution in [0.2, 0.25) is 0 Å². The number of unbranched alkanes of at least 4 members (excludes halogenated alkanes) is 1. The van der Waals surface area contributed by atoms with E-state index in [4.69, 9.17) is 4.42 Å². The normalized spacial score (nSPS) is 11.0. The van der Waals surface area contributed by atoms with Gasteiger partial charge >= 0.3 is 0 Å². The first-order valence-electron chi connectivity index (χ1n) is 9.04. The van der Waals surface area contributed by atoms with E-state index >= 15 is 0 Å². The third-order valence-electron chi connectivity index (χ3n) is 4.65. The van der Waals surface area contributed by atoms with Crippen LogP contribution in [0, 0.1) is 6.92 Å². The van der Waals surface area contributed by atoms with Crippen LogP contribution in [-0.4, -0.2) is 5.91 Å². The van der Waals surface area contributed by atoms with Crippen molar-refractivity contribution < 1.29 is 9.21 Å². The molecule has 25 heavy (non-hydrogen) atoms. The third-order valence-corrected chi connectivity index (χ3v) is 4.65. The molecule has 0 aliphatic carbocycles. The van der Waals surface area contributed by atoms with Gasteiger partial charge < -0.3 is 9.73 Å². The number of hydrogen-bond acceptors (Lipinski definition) is 2. The summed E-state index contributed by atoms with van der Waals surface area (Å²) in [5.74, 6) is 0.186. The number of furan rings is 1. The third kappa shape index (κ3) is 3.76. The number of amides is 1. The van der Waals surface area contributed by atoms with Crippen LogP contribution in [0.5, 0.6) is 0 Å². The minimum atomic E-state index is -0.201. The molecule has 130 valence electrons. The molecule has 2 aromatic carbocycles. The maximum absolute atomic E-state index is 12.6. The number of nitrogens with one attached hydrogen (secondary N) is 1. The van der Waals surface area contributed by atoms with Crippen LogP contribution in [0.3, 0.4) is 0 Å². The molecule has 0 bridgehead atoms. The smallest absolute Gasteiger partial charge is 0.291 e. The molecule has 3 aromatic rings. The van der Waals surface area contributed by atoms with Gasteiger partial charge in [0.05, 0.1) is 0 Å². The molecule has 1 N–H and O–H groups in total. The molecule has 1 amide bonds. The molecule has 0 saturated carbocycles. The number of hydrogen-bond donors (Lipinski definition) is 1. The summed E-state index contributed by atoms with van der Waals surface area (Å²) < 4.78 is 5.80. The molecule has 0 fully saturated rings. The van der Waals surface area contributed by atoms with Gasteiger partial charge in [0.2, 0.25) is 0 Å². The van der Waals surface area contributed by atoms with E-state index in [2.05, 4.69) is 37.4 Å². The van der Waals surface area contributed by atoms with E-state index in [0.29, 0.717) is 5.76 Å². The summed E-state index contributed by atoms with van der Waals surface area (Å²) in [6.07, 6.45) is 4.41. The van der Waals surface area contributed by atoms with Crippen LogP contribution < -0.4 is 5.32 Å². The minimum Gasteiger partial charge on any atom is -0.451 e. The number of anilines is 1. The van der Waals surface area contributed by atoms with Crippen LogP contribution in [0.25, 0.3) is 11.0 Å². The second-order valence-electron chi connectivity index (χ2n) is 6.49. The molecular formula is C22H25NO2. The predicted octanol–water partition coefficient (Wildman–Crippen LogP) is 5.90. The maximum Gasteiger partial charge on any atom is 0.291 e. The van der Waals surface area contributed by atoms with Crippen molar-refractivity contribution in [3.05, 3.63) is 64.9 Å². The lowest BCUT2D eigenvalue weighted by molar-refractivity contribution is 0.0998. The Morgan fingerprint density at radius 3 is 2.44 bits per heavy atom. The highest BCUT2D eigenvalue weighted by molar-refractivity contribution is 6.06. The maximum atomic E-state index is 12.6. The van der Waals surface area contributed by atoms with Crippen LogP contribution in [0.4, 0.5) is 5.69 Å². The van der Waals surface area contributed by atoms with Gasteiger partial charge in [-0.15, -0.1) is 0 Å². The minimum absolute atomic E-state index is 0.201. The van der Waals surface area contributed by atoms with Crippen LogP contribution in [-0.2, 0) is 12.8 Å². The molecule has 0 atom stereocenters. The number of carbonyl (C=O) groups is 1. The Kier molecular flexibility index (Phi) is 5.22.